The van der Waals surface area contributed by atoms with E-state index in [1.165, 1.54) is 0 Å². The predicted octanol–water partition coefficient (Wildman–Crippen LogP) is 15.9. The van der Waals surface area contributed by atoms with Crippen molar-refractivity contribution in [1.29, 1.82) is 0 Å². The number of hydrogen-bond donors (Lipinski definition) is 0. The number of hydrogen-bond acceptors (Lipinski definition) is 4. The van der Waals surface area contributed by atoms with Gasteiger partial charge in [0.25, 0.3) is 0 Å². The van der Waals surface area contributed by atoms with Crippen LogP contribution in [0.25, 0.3) is 99.2 Å². The lowest BCUT2D eigenvalue weighted by atomic mass is 9.99. The summed E-state index contributed by atoms with van der Waals surface area (Å²) in [6.45, 7) is 0. The second-order valence-electron chi connectivity index (χ2n) is 14.9. The van der Waals surface area contributed by atoms with Crippen molar-refractivity contribution in [3.05, 3.63) is 200 Å². The Balaban J connectivity index is 0.961. The molecule has 0 saturated carbocycles. The smallest absolute Gasteiger partial charge is 0.159 e. The van der Waals surface area contributed by atoms with Gasteiger partial charge in [0.2, 0.25) is 0 Å². The van der Waals surface area contributed by atoms with Gasteiger partial charge in [0, 0.05) is 49.6 Å². The molecule has 3 aromatic heterocycles. The number of nitrogens with zero attached hydrogens (tertiary/aromatic N) is 1. The Labute approximate surface area is 333 Å². The molecule has 0 N–H and O–H groups in total. The maximum Gasteiger partial charge on any atom is 0.159 e. The van der Waals surface area contributed by atoms with Crippen LogP contribution in [0, 0.1) is 0 Å². The summed E-state index contributed by atoms with van der Waals surface area (Å²) in [5.41, 5.74) is 15.0. The third-order valence-corrected chi connectivity index (χ3v) is 11.5. The second-order valence-corrected chi connectivity index (χ2v) is 14.9. The van der Waals surface area contributed by atoms with Crippen molar-refractivity contribution < 1.29 is 13.3 Å². The molecule has 4 heteroatoms. The SMILES string of the molecule is c1ccc(-c2cccc3c2oc2c(N(c4ccc(-c5ccc(-c6ccc7oc8ccccc8c7c6)cc5)cc4)c4ccc5c(c4)oc4ccccc45)cccc23)cc1. The van der Waals surface area contributed by atoms with Crippen LogP contribution < -0.4 is 4.90 Å². The highest BCUT2D eigenvalue weighted by atomic mass is 16.3. The lowest BCUT2D eigenvalue weighted by molar-refractivity contribution is 0.668. The van der Waals surface area contributed by atoms with Crippen LogP contribution in [-0.2, 0) is 0 Å². The molecule has 0 atom stereocenters. The summed E-state index contributed by atoms with van der Waals surface area (Å²) < 4.78 is 19.4. The summed E-state index contributed by atoms with van der Waals surface area (Å²) in [5.74, 6) is 0. The van der Waals surface area contributed by atoms with Gasteiger partial charge in [-0.3, -0.25) is 0 Å². The number of furan rings is 3. The molecule has 12 rings (SSSR count). The van der Waals surface area contributed by atoms with E-state index in [9.17, 15) is 0 Å². The van der Waals surface area contributed by atoms with Crippen molar-refractivity contribution in [2.45, 2.75) is 0 Å². The normalized spacial score (nSPS) is 11.8. The third kappa shape index (κ3) is 5.16. The van der Waals surface area contributed by atoms with Gasteiger partial charge in [-0.25, -0.2) is 0 Å². The first-order valence-corrected chi connectivity index (χ1v) is 19.6. The van der Waals surface area contributed by atoms with Crippen LogP contribution in [0.3, 0.4) is 0 Å². The highest BCUT2D eigenvalue weighted by Crippen LogP contribution is 2.45. The van der Waals surface area contributed by atoms with E-state index < -0.39 is 0 Å². The zero-order valence-corrected chi connectivity index (χ0v) is 31.2. The topological polar surface area (TPSA) is 42.7 Å². The molecule has 3 heterocycles. The van der Waals surface area contributed by atoms with Crippen LogP contribution in [0.15, 0.2) is 213 Å². The summed E-state index contributed by atoms with van der Waals surface area (Å²) in [4.78, 5) is 2.28. The molecule has 0 amide bonds. The van der Waals surface area contributed by atoms with Gasteiger partial charge < -0.3 is 18.2 Å². The van der Waals surface area contributed by atoms with Crippen molar-refractivity contribution in [1.82, 2.24) is 0 Å². The summed E-state index contributed by atoms with van der Waals surface area (Å²) in [7, 11) is 0. The molecule has 272 valence electrons. The van der Waals surface area contributed by atoms with Crippen LogP contribution in [0.5, 0.6) is 0 Å². The lowest BCUT2D eigenvalue weighted by Gasteiger charge is -2.25. The zero-order chi connectivity index (χ0) is 38.2. The minimum absolute atomic E-state index is 0.826. The molecule has 58 heavy (non-hydrogen) atoms. The molecule has 12 aromatic rings. The fraction of sp³-hybridized carbons (Fsp3) is 0. The number of anilines is 3. The number of para-hydroxylation sites is 4. The first-order valence-electron chi connectivity index (χ1n) is 19.6. The Hall–Kier alpha value is -7.82. The molecule has 0 bridgehead atoms. The number of rotatable bonds is 6. The molecule has 9 aromatic carbocycles. The fourth-order valence-corrected chi connectivity index (χ4v) is 8.67. The number of benzene rings is 9. The molecule has 0 aliphatic rings. The van der Waals surface area contributed by atoms with E-state index in [0.29, 0.717) is 0 Å². The molecule has 0 aliphatic carbocycles. The van der Waals surface area contributed by atoms with E-state index in [-0.39, 0.29) is 0 Å². The second kappa shape index (κ2) is 12.9. The molecule has 0 spiro atoms. The highest BCUT2D eigenvalue weighted by Gasteiger charge is 2.22. The number of fused-ring (bicyclic) bond motifs is 9. The molecule has 0 fully saturated rings. The summed E-state index contributed by atoms with van der Waals surface area (Å²) in [6, 6.07) is 70.2. The maximum atomic E-state index is 6.94. The van der Waals surface area contributed by atoms with Gasteiger partial charge in [0.1, 0.15) is 27.9 Å². The van der Waals surface area contributed by atoms with Crippen LogP contribution >= 0.6 is 0 Å². The Bertz CT molecular complexity index is 3500. The molecule has 0 aliphatic heterocycles. The van der Waals surface area contributed by atoms with Gasteiger partial charge in [-0.05, 0) is 82.4 Å². The molecular weight excluding hydrogens is 711 g/mol. The Morgan fingerprint density at radius 2 is 0.810 bits per heavy atom. The average Bonchev–Trinajstić information content (AvgIpc) is 3.98. The standard InChI is InChI=1S/C54H33NO3/c1-2-10-37(11-3-1)41-14-8-15-45-46-16-9-17-48(54(46)58-53(41)45)55(40-29-30-44-42-12-4-6-18-49(42)57-52(44)33-40)39-27-24-35(25-28-39)34-20-22-36(23-21-34)38-26-31-51-47(32-38)43-13-5-7-19-50(43)56-51/h1-33H. The summed E-state index contributed by atoms with van der Waals surface area (Å²) in [6.07, 6.45) is 0. The summed E-state index contributed by atoms with van der Waals surface area (Å²) >= 11 is 0. The fourth-order valence-electron chi connectivity index (χ4n) is 8.67. The van der Waals surface area contributed by atoms with E-state index in [0.717, 1.165) is 116 Å². The van der Waals surface area contributed by atoms with Gasteiger partial charge in [-0.2, -0.15) is 0 Å². The van der Waals surface area contributed by atoms with Crippen molar-refractivity contribution in [3.8, 4) is 33.4 Å². The average molecular weight is 744 g/mol. The van der Waals surface area contributed by atoms with E-state index in [1.807, 2.05) is 30.3 Å². The van der Waals surface area contributed by atoms with Crippen molar-refractivity contribution in [2.75, 3.05) is 4.90 Å². The zero-order valence-electron chi connectivity index (χ0n) is 31.2. The minimum atomic E-state index is 0.826. The molecule has 4 nitrogen and oxygen atoms in total. The minimum Gasteiger partial charge on any atom is -0.456 e. The monoisotopic (exact) mass is 743 g/mol. The predicted molar refractivity (Wildman–Crippen MR) is 239 cm³/mol. The van der Waals surface area contributed by atoms with Gasteiger partial charge in [-0.15, -0.1) is 0 Å². The van der Waals surface area contributed by atoms with E-state index in [2.05, 4.69) is 175 Å². The molecule has 0 unspecified atom stereocenters. The Morgan fingerprint density at radius 1 is 0.276 bits per heavy atom. The van der Waals surface area contributed by atoms with Gasteiger partial charge in [-0.1, -0.05) is 140 Å². The first-order chi connectivity index (χ1) is 28.7. The maximum absolute atomic E-state index is 6.94. The van der Waals surface area contributed by atoms with Crippen LogP contribution in [0.1, 0.15) is 0 Å². The van der Waals surface area contributed by atoms with E-state index >= 15 is 0 Å². The molecule has 0 radical (unpaired) electrons. The molecular formula is C54H33NO3. The van der Waals surface area contributed by atoms with Crippen molar-refractivity contribution in [3.63, 3.8) is 0 Å². The first kappa shape index (κ1) is 32.4. The quantitative estimate of drug-likeness (QED) is 0.170. The van der Waals surface area contributed by atoms with Crippen LogP contribution in [0.4, 0.5) is 17.1 Å². The lowest BCUT2D eigenvalue weighted by Crippen LogP contribution is -2.10. The van der Waals surface area contributed by atoms with Gasteiger partial charge in [0.05, 0.1) is 11.4 Å². The van der Waals surface area contributed by atoms with Crippen molar-refractivity contribution in [2.24, 2.45) is 0 Å². The largest absolute Gasteiger partial charge is 0.456 e. The Kier molecular flexibility index (Phi) is 7.20. The van der Waals surface area contributed by atoms with E-state index in [1.54, 1.807) is 0 Å². The van der Waals surface area contributed by atoms with Gasteiger partial charge >= 0.3 is 0 Å². The van der Waals surface area contributed by atoms with Gasteiger partial charge in [0.15, 0.2) is 5.58 Å². The highest BCUT2D eigenvalue weighted by molar-refractivity contribution is 6.14. The molecule has 0 saturated heterocycles. The van der Waals surface area contributed by atoms with Crippen LogP contribution in [0.2, 0.25) is 0 Å². The third-order valence-electron chi connectivity index (χ3n) is 11.5. The Morgan fingerprint density at radius 3 is 1.57 bits per heavy atom. The van der Waals surface area contributed by atoms with Crippen LogP contribution in [-0.4, -0.2) is 0 Å². The summed E-state index contributed by atoms with van der Waals surface area (Å²) in [5, 5.41) is 6.61. The van der Waals surface area contributed by atoms with Crippen molar-refractivity contribution >= 4 is 82.9 Å². The van der Waals surface area contributed by atoms with E-state index in [4.69, 9.17) is 13.3 Å².